The van der Waals surface area contributed by atoms with Crippen molar-refractivity contribution in [3.63, 3.8) is 0 Å². The number of benzene rings is 3. The molecule has 2 aliphatic rings. The zero-order valence-corrected chi connectivity index (χ0v) is 20.0. The first kappa shape index (κ1) is 22.9. The Morgan fingerprint density at radius 2 is 2.00 bits per heavy atom. The lowest BCUT2D eigenvalue weighted by atomic mass is 9.94. The Bertz CT molecular complexity index is 1310. The smallest absolute Gasteiger partial charge is 0.290 e. The van der Waals surface area contributed by atoms with E-state index in [1.54, 1.807) is 12.1 Å². The fourth-order valence-corrected chi connectivity index (χ4v) is 5.58. The second kappa shape index (κ2) is 9.79. The number of nitriles is 1. The summed E-state index contributed by atoms with van der Waals surface area (Å²) in [7, 11) is 0. The van der Waals surface area contributed by atoms with Crippen molar-refractivity contribution in [2.75, 3.05) is 18.1 Å². The van der Waals surface area contributed by atoms with Gasteiger partial charge in [-0.3, -0.25) is 10.1 Å². The van der Waals surface area contributed by atoms with Gasteiger partial charge in [0.15, 0.2) is 5.56 Å². The van der Waals surface area contributed by atoms with Crippen LogP contribution in [-0.2, 0) is 12.8 Å². The average Bonchev–Trinajstić information content (AvgIpc) is 3.50. The Morgan fingerprint density at radius 1 is 1.14 bits per heavy atom. The van der Waals surface area contributed by atoms with Gasteiger partial charge in [-0.2, -0.15) is 5.26 Å². The average molecular weight is 468 g/mol. The molecule has 0 saturated carbocycles. The summed E-state index contributed by atoms with van der Waals surface area (Å²) < 4.78 is 6.05. The van der Waals surface area contributed by atoms with Gasteiger partial charge >= 0.3 is 0 Å². The number of hydrogen-bond acceptors (Lipinski definition) is 5. The van der Waals surface area contributed by atoms with E-state index in [1.165, 1.54) is 39.6 Å². The normalized spacial score (nSPS) is 16.0. The Hall–Kier alpha value is -3.85. The van der Waals surface area contributed by atoms with Gasteiger partial charge < -0.3 is 9.64 Å². The van der Waals surface area contributed by atoms with Crippen LogP contribution in [-0.4, -0.2) is 24.1 Å². The Labute approximate surface area is 205 Å². The molecule has 5 rings (SSSR count). The van der Waals surface area contributed by atoms with Crippen molar-refractivity contribution in [2.24, 2.45) is 0 Å². The molecule has 6 nitrogen and oxygen atoms in total. The van der Waals surface area contributed by atoms with E-state index in [0.717, 1.165) is 45.1 Å². The summed E-state index contributed by atoms with van der Waals surface area (Å²) in [4.78, 5) is 13.2. The van der Waals surface area contributed by atoms with Crippen LogP contribution in [0.15, 0.2) is 54.6 Å². The molecule has 1 saturated heterocycles. The number of nitro benzene ring substituents is 1. The summed E-state index contributed by atoms with van der Waals surface area (Å²) in [5.74, 6) is 0.282. The molecule has 178 valence electrons. The van der Waals surface area contributed by atoms with Gasteiger partial charge in [0.2, 0.25) is 0 Å². The molecule has 35 heavy (non-hydrogen) atoms. The fraction of sp³-hybridized carbons (Fsp3) is 0.345. The maximum absolute atomic E-state index is 11.3. The number of anilines is 1. The van der Waals surface area contributed by atoms with E-state index in [0.29, 0.717) is 6.61 Å². The highest BCUT2D eigenvalue weighted by Gasteiger charge is 2.31. The molecule has 1 heterocycles. The van der Waals surface area contributed by atoms with E-state index in [4.69, 9.17) is 4.74 Å². The van der Waals surface area contributed by atoms with E-state index >= 15 is 0 Å². The van der Waals surface area contributed by atoms with Crippen molar-refractivity contribution in [3.05, 3.63) is 87.0 Å². The summed E-state index contributed by atoms with van der Waals surface area (Å²) in [6.45, 7) is 3.58. The lowest BCUT2D eigenvalue weighted by Crippen LogP contribution is -2.35. The number of unbranched alkanes of at least 4 members (excludes halogenated alkanes) is 1. The van der Waals surface area contributed by atoms with E-state index in [1.807, 2.05) is 6.07 Å². The Kier molecular flexibility index (Phi) is 6.41. The Balaban J connectivity index is 1.43. The van der Waals surface area contributed by atoms with Crippen molar-refractivity contribution in [1.82, 2.24) is 0 Å². The van der Waals surface area contributed by atoms with Gasteiger partial charge in [0.25, 0.3) is 5.69 Å². The first-order valence-corrected chi connectivity index (χ1v) is 12.4. The number of nitrogens with zero attached hydrogens (tertiary/aromatic N) is 3. The van der Waals surface area contributed by atoms with Gasteiger partial charge in [0.05, 0.1) is 11.0 Å². The monoisotopic (exact) mass is 467 g/mol. The second-order valence-corrected chi connectivity index (χ2v) is 9.35. The number of ether oxygens (including phenoxy) is 1. The van der Waals surface area contributed by atoms with Crippen molar-refractivity contribution in [2.45, 2.75) is 51.5 Å². The van der Waals surface area contributed by atoms with Crippen LogP contribution >= 0.6 is 0 Å². The van der Waals surface area contributed by atoms with E-state index in [2.05, 4.69) is 48.2 Å². The maximum Gasteiger partial charge on any atom is 0.290 e. The predicted octanol–water partition coefficient (Wildman–Crippen LogP) is 6.43. The fourth-order valence-electron chi connectivity index (χ4n) is 5.58. The first-order chi connectivity index (χ1) is 17.1. The highest BCUT2D eigenvalue weighted by atomic mass is 16.6. The number of rotatable bonds is 8. The number of hydrogen-bond donors (Lipinski definition) is 0. The van der Waals surface area contributed by atoms with Crippen LogP contribution in [0.5, 0.6) is 5.75 Å². The highest BCUT2D eigenvalue weighted by Crippen LogP contribution is 2.43. The van der Waals surface area contributed by atoms with Crippen molar-refractivity contribution < 1.29 is 9.66 Å². The maximum atomic E-state index is 11.3. The van der Waals surface area contributed by atoms with E-state index < -0.39 is 4.92 Å². The first-order valence-electron chi connectivity index (χ1n) is 12.4. The van der Waals surface area contributed by atoms with Crippen LogP contribution in [0, 0.1) is 21.4 Å². The molecular weight excluding hydrogens is 438 g/mol. The van der Waals surface area contributed by atoms with Crippen LogP contribution in [0.3, 0.4) is 0 Å². The number of nitro groups is 1. The molecule has 0 N–H and O–H groups in total. The molecule has 0 bridgehead atoms. The van der Waals surface area contributed by atoms with Gasteiger partial charge in [-0.05, 0) is 72.1 Å². The third kappa shape index (κ3) is 4.23. The number of fused-ring (bicyclic) bond motifs is 3. The molecule has 1 fully saturated rings. The van der Waals surface area contributed by atoms with Gasteiger partial charge in [-0.15, -0.1) is 0 Å². The van der Waals surface area contributed by atoms with Crippen LogP contribution in [0.4, 0.5) is 11.4 Å². The van der Waals surface area contributed by atoms with E-state index in [9.17, 15) is 15.4 Å². The molecule has 0 radical (unpaired) electrons. The van der Waals surface area contributed by atoms with Crippen LogP contribution in [0.25, 0.3) is 11.1 Å². The largest absolute Gasteiger partial charge is 0.490 e. The predicted molar refractivity (Wildman–Crippen MR) is 137 cm³/mol. The zero-order chi connectivity index (χ0) is 24.4. The van der Waals surface area contributed by atoms with Gasteiger partial charge in [-0.25, -0.2) is 0 Å². The minimum absolute atomic E-state index is 0.0130. The molecule has 0 spiro atoms. The standard InChI is InChI=1S/C29H29N3O3/c1-2-3-10-24-25-17-20-8-4-5-11-22(20)23(25)14-15-27(24)31-16-7-9-21(31)19-35-29-13-6-12-28(32(33)34)26(29)18-30/h4-6,8,11-15,21H,2-3,7,9-10,16-17,19H2,1H3/t21-/m1/s1. The summed E-state index contributed by atoms with van der Waals surface area (Å²) in [6, 6.07) is 19.9. The molecule has 1 atom stereocenters. The minimum atomic E-state index is -0.532. The van der Waals surface area contributed by atoms with Crippen LogP contribution < -0.4 is 9.64 Å². The topological polar surface area (TPSA) is 79.4 Å². The summed E-state index contributed by atoms with van der Waals surface area (Å²) in [5.41, 5.74) is 8.06. The molecule has 1 aliphatic carbocycles. The van der Waals surface area contributed by atoms with E-state index in [-0.39, 0.29) is 23.0 Å². The highest BCUT2D eigenvalue weighted by molar-refractivity contribution is 5.81. The lowest BCUT2D eigenvalue weighted by Gasteiger charge is -2.30. The summed E-state index contributed by atoms with van der Waals surface area (Å²) >= 11 is 0. The third-order valence-corrected chi connectivity index (χ3v) is 7.29. The third-order valence-electron chi connectivity index (χ3n) is 7.29. The second-order valence-electron chi connectivity index (χ2n) is 9.35. The molecular formula is C29H29N3O3. The molecule has 0 amide bonds. The molecule has 0 unspecified atom stereocenters. The van der Waals surface area contributed by atoms with Gasteiger partial charge in [-0.1, -0.05) is 49.7 Å². The molecule has 1 aliphatic heterocycles. The summed E-state index contributed by atoms with van der Waals surface area (Å²) in [6.07, 6.45) is 6.38. The van der Waals surface area contributed by atoms with Gasteiger partial charge in [0.1, 0.15) is 18.4 Å². The SMILES string of the molecule is CCCCc1c(N2CCC[C@@H]2COc2cccc([N+](=O)[O-])c2C#N)ccc2c1Cc1ccccc1-2. The van der Waals surface area contributed by atoms with Gasteiger partial charge in [0, 0.05) is 18.3 Å². The Morgan fingerprint density at radius 3 is 2.80 bits per heavy atom. The molecule has 3 aromatic carbocycles. The van der Waals surface area contributed by atoms with Crippen LogP contribution in [0.2, 0.25) is 0 Å². The summed E-state index contributed by atoms with van der Waals surface area (Å²) in [5, 5.41) is 20.8. The molecule has 6 heteroatoms. The van der Waals surface area contributed by atoms with Crippen LogP contribution in [0.1, 0.15) is 54.9 Å². The zero-order valence-electron chi connectivity index (χ0n) is 20.0. The minimum Gasteiger partial charge on any atom is -0.490 e. The molecule has 3 aromatic rings. The van der Waals surface area contributed by atoms with Crippen molar-refractivity contribution >= 4 is 11.4 Å². The van der Waals surface area contributed by atoms with Crippen molar-refractivity contribution in [3.8, 4) is 22.9 Å². The quantitative estimate of drug-likeness (QED) is 0.220. The van der Waals surface area contributed by atoms with Crippen molar-refractivity contribution in [1.29, 1.82) is 5.26 Å². The molecule has 0 aromatic heterocycles. The lowest BCUT2D eigenvalue weighted by molar-refractivity contribution is -0.385.